The van der Waals surface area contributed by atoms with Crippen molar-refractivity contribution in [2.75, 3.05) is 39.2 Å². The van der Waals surface area contributed by atoms with Gasteiger partial charge >= 0.3 is 0 Å². The quantitative estimate of drug-likeness (QED) is 0.572. The van der Waals surface area contributed by atoms with Gasteiger partial charge in [-0.15, -0.1) is 0 Å². The van der Waals surface area contributed by atoms with E-state index in [-0.39, 0.29) is 0 Å². The fourth-order valence-corrected chi connectivity index (χ4v) is 2.45. The van der Waals surface area contributed by atoms with Crippen LogP contribution in [0.2, 0.25) is 0 Å². The minimum absolute atomic E-state index is 0.499. The van der Waals surface area contributed by atoms with E-state index in [2.05, 4.69) is 51.6 Å². The van der Waals surface area contributed by atoms with Crippen LogP contribution in [0.3, 0.4) is 0 Å². The van der Waals surface area contributed by atoms with Gasteiger partial charge in [-0.1, -0.05) is 24.3 Å². The number of nitrogens with zero attached hydrogens (tertiary/aromatic N) is 2. The van der Waals surface area contributed by atoms with Crippen molar-refractivity contribution in [3.05, 3.63) is 59.7 Å². The molecule has 0 fully saturated rings. The van der Waals surface area contributed by atoms with E-state index in [9.17, 15) is 0 Å². The lowest BCUT2D eigenvalue weighted by Crippen LogP contribution is -2.33. The van der Waals surface area contributed by atoms with Crippen LogP contribution in [-0.4, -0.2) is 40.3 Å². The van der Waals surface area contributed by atoms with Crippen molar-refractivity contribution in [1.29, 1.82) is 0 Å². The van der Waals surface area contributed by atoms with Gasteiger partial charge in [0.15, 0.2) is 5.96 Å². The Morgan fingerprint density at radius 2 is 1.60 bits per heavy atom. The molecule has 0 aromatic heterocycles. The summed E-state index contributed by atoms with van der Waals surface area (Å²) in [7, 11) is 5.75. The lowest BCUT2D eigenvalue weighted by molar-refractivity contribution is 0.414. The van der Waals surface area contributed by atoms with Crippen LogP contribution >= 0.6 is 0 Å². The van der Waals surface area contributed by atoms with Crippen LogP contribution in [0.5, 0.6) is 5.75 Å². The standard InChI is InChI=1S/C20H28N4O/c1-24(2)18-8-4-16(5-9-18)12-14-22-20(21)23-15-13-17-6-10-19(25-3)11-7-17/h4-11H,12-15H2,1-3H3,(H3,21,22,23). The number of guanidine groups is 1. The number of ether oxygens (including phenoxy) is 1. The molecule has 0 amide bonds. The molecule has 0 aliphatic heterocycles. The van der Waals surface area contributed by atoms with Gasteiger partial charge in [0.2, 0.25) is 0 Å². The first-order chi connectivity index (χ1) is 12.1. The van der Waals surface area contributed by atoms with Crippen molar-refractivity contribution < 1.29 is 4.74 Å². The molecule has 0 heterocycles. The van der Waals surface area contributed by atoms with E-state index >= 15 is 0 Å². The van der Waals surface area contributed by atoms with Crippen molar-refractivity contribution in [3.8, 4) is 5.75 Å². The Kier molecular flexibility index (Phi) is 7.14. The second kappa shape index (κ2) is 9.57. The fourth-order valence-electron chi connectivity index (χ4n) is 2.45. The molecular formula is C20H28N4O. The first-order valence-electron chi connectivity index (χ1n) is 8.51. The average molecular weight is 340 g/mol. The molecule has 5 nitrogen and oxygen atoms in total. The number of hydrogen-bond acceptors (Lipinski definition) is 3. The Balaban J connectivity index is 1.70. The number of benzene rings is 2. The van der Waals surface area contributed by atoms with Crippen LogP contribution in [0.4, 0.5) is 5.69 Å². The second-order valence-electron chi connectivity index (χ2n) is 6.10. The summed E-state index contributed by atoms with van der Waals surface area (Å²) in [4.78, 5) is 6.48. The molecule has 0 unspecified atom stereocenters. The highest BCUT2D eigenvalue weighted by atomic mass is 16.5. The highest BCUT2D eigenvalue weighted by molar-refractivity contribution is 5.77. The Hall–Kier alpha value is -2.69. The predicted octanol–water partition coefficient (Wildman–Crippen LogP) is 2.45. The van der Waals surface area contributed by atoms with Crippen LogP contribution in [-0.2, 0) is 12.8 Å². The van der Waals surface area contributed by atoms with Crippen LogP contribution in [0.1, 0.15) is 11.1 Å². The van der Waals surface area contributed by atoms with Crippen LogP contribution < -0.4 is 20.7 Å². The maximum absolute atomic E-state index is 5.92. The minimum atomic E-state index is 0.499. The van der Waals surface area contributed by atoms with Gasteiger partial charge < -0.3 is 20.7 Å². The zero-order valence-corrected chi connectivity index (χ0v) is 15.3. The number of nitrogens with one attached hydrogen (secondary N) is 1. The van der Waals surface area contributed by atoms with Crippen molar-refractivity contribution in [3.63, 3.8) is 0 Å². The summed E-state index contributed by atoms with van der Waals surface area (Å²) < 4.78 is 5.15. The molecular weight excluding hydrogens is 312 g/mol. The molecule has 0 radical (unpaired) electrons. The number of hydrogen-bond donors (Lipinski definition) is 2. The molecule has 0 aliphatic carbocycles. The third kappa shape index (κ3) is 6.37. The number of anilines is 1. The van der Waals surface area contributed by atoms with Gasteiger partial charge in [0, 0.05) is 32.9 Å². The number of nitrogens with two attached hydrogens (primary N) is 1. The molecule has 134 valence electrons. The largest absolute Gasteiger partial charge is 0.497 e. The first kappa shape index (κ1) is 18.6. The number of rotatable bonds is 8. The molecule has 0 saturated heterocycles. The van der Waals surface area contributed by atoms with E-state index in [4.69, 9.17) is 10.5 Å². The zero-order chi connectivity index (χ0) is 18.1. The lowest BCUT2D eigenvalue weighted by atomic mass is 10.1. The highest BCUT2D eigenvalue weighted by Gasteiger charge is 1.98. The van der Waals surface area contributed by atoms with Crippen LogP contribution in [0.25, 0.3) is 0 Å². The summed E-state index contributed by atoms with van der Waals surface area (Å²) >= 11 is 0. The van der Waals surface area contributed by atoms with Crippen molar-refractivity contribution in [1.82, 2.24) is 5.32 Å². The molecule has 0 spiro atoms. The van der Waals surface area contributed by atoms with Gasteiger partial charge in [0.1, 0.15) is 5.75 Å². The molecule has 0 atom stereocenters. The van der Waals surface area contributed by atoms with Gasteiger partial charge in [-0.2, -0.15) is 0 Å². The summed E-state index contributed by atoms with van der Waals surface area (Å²) in [6.07, 6.45) is 1.78. The van der Waals surface area contributed by atoms with E-state index < -0.39 is 0 Å². The zero-order valence-electron chi connectivity index (χ0n) is 15.3. The molecule has 2 aromatic carbocycles. The Morgan fingerprint density at radius 1 is 1.00 bits per heavy atom. The van der Waals surface area contributed by atoms with E-state index in [1.807, 2.05) is 26.2 Å². The lowest BCUT2D eigenvalue weighted by Gasteiger charge is -2.12. The van der Waals surface area contributed by atoms with Gasteiger partial charge in [0.05, 0.1) is 7.11 Å². The van der Waals surface area contributed by atoms with Crippen LogP contribution in [0.15, 0.2) is 53.5 Å². The molecule has 0 saturated carbocycles. The molecule has 3 N–H and O–H groups in total. The Bertz CT molecular complexity index is 663. The molecule has 0 aliphatic rings. The highest BCUT2D eigenvalue weighted by Crippen LogP contribution is 2.13. The summed E-state index contributed by atoms with van der Waals surface area (Å²) in [6, 6.07) is 16.6. The van der Waals surface area contributed by atoms with Crippen LogP contribution in [0, 0.1) is 0 Å². The third-order valence-corrected chi connectivity index (χ3v) is 4.01. The molecule has 5 heteroatoms. The summed E-state index contributed by atoms with van der Waals surface area (Å²) in [5.41, 5.74) is 9.63. The Morgan fingerprint density at radius 3 is 2.20 bits per heavy atom. The molecule has 0 bridgehead atoms. The van der Waals surface area contributed by atoms with Crippen molar-refractivity contribution in [2.45, 2.75) is 12.8 Å². The smallest absolute Gasteiger partial charge is 0.188 e. The molecule has 25 heavy (non-hydrogen) atoms. The molecule has 2 rings (SSSR count). The summed E-state index contributed by atoms with van der Waals surface area (Å²) in [5.74, 6) is 1.37. The first-order valence-corrected chi connectivity index (χ1v) is 8.51. The second-order valence-corrected chi connectivity index (χ2v) is 6.10. The monoisotopic (exact) mass is 340 g/mol. The van der Waals surface area contributed by atoms with Gasteiger partial charge in [-0.25, -0.2) is 0 Å². The Labute approximate surface area is 150 Å². The number of aliphatic imine (C=N–C) groups is 1. The van der Waals surface area contributed by atoms with E-state index in [1.54, 1.807) is 7.11 Å². The van der Waals surface area contributed by atoms with Gasteiger partial charge in [-0.3, -0.25) is 4.99 Å². The average Bonchev–Trinajstić information content (AvgIpc) is 2.63. The minimum Gasteiger partial charge on any atom is -0.497 e. The van der Waals surface area contributed by atoms with Crippen molar-refractivity contribution >= 4 is 11.6 Å². The maximum atomic E-state index is 5.92. The molecule has 2 aromatic rings. The fraction of sp³-hybridized carbons (Fsp3) is 0.350. The topological polar surface area (TPSA) is 62.9 Å². The maximum Gasteiger partial charge on any atom is 0.188 e. The number of methoxy groups -OCH3 is 1. The van der Waals surface area contributed by atoms with Gasteiger partial charge in [-0.05, 0) is 48.2 Å². The van der Waals surface area contributed by atoms with E-state index in [0.29, 0.717) is 12.5 Å². The van der Waals surface area contributed by atoms with E-state index in [0.717, 1.165) is 25.1 Å². The van der Waals surface area contributed by atoms with Gasteiger partial charge in [0.25, 0.3) is 0 Å². The normalized spacial score (nSPS) is 11.2. The summed E-state index contributed by atoms with van der Waals surface area (Å²) in [5, 5.41) is 3.16. The third-order valence-electron chi connectivity index (χ3n) is 4.01. The SMILES string of the molecule is COc1ccc(CCNC(N)=NCCc2ccc(N(C)C)cc2)cc1. The summed E-state index contributed by atoms with van der Waals surface area (Å²) in [6.45, 7) is 1.45. The van der Waals surface area contributed by atoms with E-state index in [1.165, 1.54) is 16.8 Å². The predicted molar refractivity (Wildman–Crippen MR) is 106 cm³/mol. The van der Waals surface area contributed by atoms with Crippen molar-refractivity contribution in [2.24, 2.45) is 10.7 Å².